The molecule has 7 heteroatoms. The van der Waals surface area contributed by atoms with Crippen molar-refractivity contribution in [2.24, 2.45) is 5.73 Å². The molecule has 2 rings (SSSR count). The van der Waals surface area contributed by atoms with Gasteiger partial charge in [0.05, 0.1) is 15.6 Å². The number of carbonyl (C=O) groups excluding carboxylic acids is 1. The Bertz CT molecular complexity index is 525. The van der Waals surface area contributed by atoms with Crippen molar-refractivity contribution in [1.82, 2.24) is 4.90 Å². The first kappa shape index (κ1) is 18.5. The van der Waals surface area contributed by atoms with E-state index < -0.39 is 5.82 Å². The lowest BCUT2D eigenvalue weighted by atomic mass is 9.96. The second kappa shape index (κ2) is 7.63. The zero-order chi connectivity index (χ0) is 14.9. The van der Waals surface area contributed by atoms with Crippen molar-refractivity contribution in [3.63, 3.8) is 0 Å². The average Bonchev–Trinajstić information content (AvgIpc) is 2.42. The summed E-state index contributed by atoms with van der Waals surface area (Å²) in [5, 5.41) is 0.0735. The predicted octanol–water partition coefficient (Wildman–Crippen LogP) is 3.90. The molecular formula is C14H18Cl3FN2O. The Balaban J connectivity index is 0.00000220. The molecule has 118 valence electrons. The first-order valence-corrected chi connectivity index (χ1v) is 7.38. The molecule has 0 bridgehead atoms. The number of hydrogen-bond acceptors (Lipinski definition) is 2. The summed E-state index contributed by atoms with van der Waals surface area (Å²) in [6.07, 6.45) is 2.82. The standard InChI is InChI=1S/C14H17Cl2FN2O.ClH/c1-8(18)13-4-2-3-5-19(13)14(20)9-6-12(17)11(16)7-10(9)15;/h6-8,13H,2-5,18H2,1H3;1H. The molecule has 0 spiro atoms. The maximum atomic E-state index is 13.6. The van der Waals surface area contributed by atoms with E-state index in [2.05, 4.69) is 0 Å². The summed E-state index contributed by atoms with van der Waals surface area (Å²) in [5.74, 6) is -0.929. The number of rotatable bonds is 2. The summed E-state index contributed by atoms with van der Waals surface area (Å²) in [6, 6.07) is 2.19. The van der Waals surface area contributed by atoms with Crippen LogP contribution in [0, 0.1) is 5.82 Å². The zero-order valence-electron chi connectivity index (χ0n) is 11.6. The third kappa shape index (κ3) is 4.01. The Morgan fingerprint density at radius 3 is 2.67 bits per heavy atom. The second-order valence-corrected chi connectivity index (χ2v) is 5.98. The van der Waals surface area contributed by atoms with Crippen LogP contribution in [-0.2, 0) is 0 Å². The molecule has 1 heterocycles. The van der Waals surface area contributed by atoms with Gasteiger partial charge in [-0.05, 0) is 38.3 Å². The molecule has 0 radical (unpaired) electrons. The number of halogens is 4. The third-order valence-electron chi connectivity index (χ3n) is 3.66. The zero-order valence-corrected chi connectivity index (χ0v) is 13.9. The highest BCUT2D eigenvalue weighted by Gasteiger charge is 2.31. The van der Waals surface area contributed by atoms with E-state index in [9.17, 15) is 9.18 Å². The van der Waals surface area contributed by atoms with E-state index in [1.807, 2.05) is 6.92 Å². The molecule has 0 aromatic heterocycles. The molecule has 2 N–H and O–H groups in total. The van der Waals surface area contributed by atoms with Gasteiger partial charge in [-0.2, -0.15) is 0 Å². The fraction of sp³-hybridized carbons (Fsp3) is 0.500. The number of nitrogens with zero attached hydrogens (tertiary/aromatic N) is 1. The van der Waals surface area contributed by atoms with E-state index in [1.165, 1.54) is 6.07 Å². The van der Waals surface area contributed by atoms with Gasteiger partial charge in [-0.3, -0.25) is 4.79 Å². The summed E-state index contributed by atoms with van der Waals surface area (Å²) in [5.41, 5.74) is 6.08. The molecule has 1 aromatic rings. The number of hydrogen-bond donors (Lipinski definition) is 1. The van der Waals surface area contributed by atoms with Crippen LogP contribution in [0.4, 0.5) is 4.39 Å². The van der Waals surface area contributed by atoms with Crippen LogP contribution in [0.5, 0.6) is 0 Å². The van der Waals surface area contributed by atoms with Gasteiger partial charge in [-0.15, -0.1) is 12.4 Å². The van der Waals surface area contributed by atoms with Crippen molar-refractivity contribution in [3.05, 3.63) is 33.6 Å². The van der Waals surface area contributed by atoms with Crippen LogP contribution in [0.25, 0.3) is 0 Å². The van der Waals surface area contributed by atoms with Gasteiger partial charge in [0.1, 0.15) is 5.82 Å². The minimum Gasteiger partial charge on any atom is -0.334 e. The molecule has 1 aliphatic rings. The van der Waals surface area contributed by atoms with Crippen LogP contribution in [0.1, 0.15) is 36.5 Å². The van der Waals surface area contributed by atoms with E-state index in [0.717, 1.165) is 25.3 Å². The van der Waals surface area contributed by atoms with Gasteiger partial charge in [0, 0.05) is 18.6 Å². The van der Waals surface area contributed by atoms with E-state index >= 15 is 0 Å². The summed E-state index contributed by atoms with van der Waals surface area (Å²) in [7, 11) is 0. The topological polar surface area (TPSA) is 46.3 Å². The Hall–Kier alpha value is -0.550. The maximum Gasteiger partial charge on any atom is 0.255 e. The summed E-state index contributed by atoms with van der Waals surface area (Å²) >= 11 is 11.7. The lowest BCUT2D eigenvalue weighted by Crippen LogP contribution is -2.51. The molecular weight excluding hydrogens is 338 g/mol. The van der Waals surface area contributed by atoms with Gasteiger partial charge in [-0.1, -0.05) is 23.2 Å². The average molecular weight is 356 g/mol. The largest absolute Gasteiger partial charge is 0.334 e. The van der Waals surface area contributed by atoms with E-state index in [0.29, 0.717) is 6.54 Å². The van der Waals surface area contributed by atoms with Crippen molar-refractivity contribution in [2.45, 2.75) is 38.3 Å². The smallest absolute Gasteiger partial charge is 0.255 e. The Kier molecular flexibility index (Phi) is 6.72. The first-order chi connectivity index (χ1) is 9.41. The normalized spacial score (nSPS) is 19.9. The lowest BCUT2D eigenvalue weighted by molar-refractivity contribution is 0.0583. The summed E-state index contributed by atoms with van der Waals surface area (Å²) < 4.78 is 13.6. The Morgan fingerprint density at radius 1 is 1.38 bits per heavy atom. The number of benzene rings is 1. The van der Waals surface area contributed by atoms with Crippen molar-refractivity contribution in [1.29, 1.82) is 0 Å². The van der Waals surface area contributed by atoms with Gasteiger partial charge in [0.25, 0.3) is 5.91 Å². The minimum atomic E-state index is -0.645. The van der Waals surface area contributed by atoms with Crippen LogP contribution in [0.2, 0.25) is 10.0 Å². The molecule has 1 saturated heterocycles. The van der Waals surface area contributed by atoms with E-state index in [-0.39, 0.29) is 46.0 Å². The lowest BCUT2D eigenvalue weighted by Gasteiger charge is -2.38. The van der Waals surface area contributed by atoms with Gasteiger partial charge >= 0.3 is 0 Å². The number of piperidine rings is 1. The van der Waals surface area contributed by atoms with Crippen LogP contribution in [-0.4, -0.2) is 29.4 Å². The van der Waals surface area contributed by atoms with Crippen molar-refractivity contribution < 1.29 is 9.18 Å². The summed E-state index contributed by atoms with van der Waals surface area (Å²) in [6.45, 7) is 2.49. The van der Waals surface area contributed by atoms with Gasteiger partial charge < -0.3 is 10.6 Å². The fourth-order valence-corrected chi connectivity index (χ4v) is 3.06. The number of amides is 1. The van der Waals surface area contributed by atoms with Gasteiger partial charge in [0.15, 0.2) is 0 Å². The van der Waals surface area contributed by atoms with Crippen LogP contribution < -0.4 is 5.73 Å². The van der Waals surface area contributed by atoms with Crippen LogP contribution in [0.3, 0.4) is 0 Å². The number of likely N-dealkylation sites (tertiary alicyclic amines) is 1. The first-order valence-electron chi connectivity index (χ1n) is 6.63. The molecule has 2 atom stereocenters. The molecule has 1 amide bonds. The molecule has 1 aliphatic heterocycles. The monoisotopic (exact) mass is 354 g/mol. The van der Waals surface area contributed by atoms with E-state index in [4.69, 9.17) is 28.9 Å². The van der Waals surface area contributed by atoms with Gasteiger partial charge in [0.2, 0.25) is 0 Å². The molecule has 21 heavy (non-hydrogen) atoms. The number of carbonyl (C=O) groups is 1. The maximum absolute atomic E-state index is 13.6. The SMILES string of the molecule is CC(N)C1CCCCN1C(=O)c1cc(F)c(Cl)cc1Cl.Cl. The highest BCUT2D eigenvalue weighted by molar-refractivity contribution is 6.36. The molecule has 1 aromatic carbocycles. The molecule has 2 unspecified atom stereocenters. The van der Waals surface area contributed by atoms with Crippen LogP contribution in [0.15, 0.2) is 12.1 Å². The Labute approximate surface area is 140 Å². The molecule has 1 fully saturated rings. The second-order valence-electron chi connectivity index (χ2n) is 5.17. The molecule has 0 saturated carbocycles. The van der Waals surface area contributed by atoms with Crippen molar-refractivity contribution >= 4 is 41.5 Å². The predicted molar refractivity (Wildman–Crippen MR) is 86.0 cm³/mol. The highest BCUT2D eigenvalue weighted by Crippen LogP contribution is 2.28. The van der Waals surface area contributed by atoms with Crippen molar-refractivity contribution in [3.8, 4) is 0 Å². The fourth-order valence-electron chi connectivity index (χ4n) is 2.60. The molecule has 0 aliphatic carbocycles. The quantitative estimate of drug-likeness (QED) is 0.818. The van der Waals surface area contributed by atoms with E-state index in [1.54, 1.807) is 4.90 Å². The summed E-state index contributed by atoms with van der Waals surface area (Å²) in [4.78, 5) is 14.3. The van der Waals surface area contributed by atoms with Crippen molar-refractivity contribution in [2.75, 3.05) is 6.54 Å². The third-order valence-corrected chi connectivity index (χ3v) is 4.26. The molecule has 3 nitrogen and oxygen atoms in total. The Morgan fingerprint density at radius 2 is 2.05 bits per heavy atom. The number of nitrogens with two attached hydrogens (primary N) is 1. The highest BCUT2D eigenvalue weighted by atomic mass is 35.5. The minimum absolute atomic E-state index is 0. The van der Waals surface area contributed by atoms with Crippen LogP contribution >= 0.6 is 35.6 Å². The van der Waals surface area contributed by atoms with Gasteiger partial charge in [-0.25, -0.2) is 4.39 Å².